The Labute approximate surface area is 195 Å². The van der Waals surface area contributed by atoms with Crippen LogP contribution in [0.1, 0.15) is 28.8 Å². The number of carbonyl (C=O) groups is 3. The number of rotatable bonds is 8. The standard InChI is InChI=1S/C24H24N4O6/c1-28-19(10-11-26-28)21(22(30)25-12-20(29)23(31)32)27-24(33)34-13-18-16-8-4-2-6-14(16)15-7-3-5-9-17(15)18/h2-11,18,20-21,29H,12-13H2,1H3,(H,25,30)(H,27,33)(H,31,32)/t20-,21?/m0/s1. The van der Waals surface area contributed by atoms with Gasteiger partial charge in [-0.1, -0.05) is 48.5 Å². The van der Waals surface area contributed by atoms with E-state index in [1.54, 1.807) is 13.1 Å². The minimum absolute atomic E-state index is 0.0668. The number of carboxylic acids is 1. The van der Waals surface area contributed by atoms with Gasteiger partial charge in [0.1, 0.15) is 6.61 Å². The number of hydrogen-bond donors (Lipinski definition) is 4. The third-order valence-electron chi connectivity index (χ3n) is 5.78. The number of aryl methyl sites for hydroxylation is 1. The van der Waals surface area contributed by atoms with E-state index in [-0.39, 0.29) is 12.5 Å². The van der Waals surface area contributed by atoms with Crippen LogP contribution in [-0.4, -0.2) is 57.2 Å². The van der Waals surface area contributed by atoms with Gasteiger partial charge in [-0.15, -0.1) is 0 Å². The zero-order chi connectivity index (χ0) is 24.2. The molecule has 0 spiro atoms. The number of ether oxygens (including phenoxy) is 1. The van der Waals surface area contributed by atoms with Crippen molar-refractivity contribution in [1.82, 2.24) is 20.4 Å². The molecule has 1 unspecified atom stereocenters. The van der Waals surface area contributed by atoms with Gasteiger partial charge in [0.25, 0.3) is 0 Å². The highest BCUT2D eigenvalue weighted by molar-refractivity contribution is 5.87. The summed E-state index contributed by atoms with van der Waals surface area (Å²) in [6, 6.07) is 16.2. The summed E-state index contributed by atoms with van der Waals surface area (Å²) in [6.45, 7) is -0.452. The molecule has 10 nitrogen and oxygen atoms in total. The first-order valence-corrected chi connectivity index (χ1v) is 10.6. The molecule has 3 aromatic rings. The van der Waals surface area contributed by atoms with E-state index in [0.29, 0.717) is 5.69 Å². The number of aliphatic hydroxyl groups excluding tert-OH is 1. The van der Waals surface area contributed by atoms with E-state index in [9.17, 15) is 19.5 Å². The number of aliphatic carboxylic acids is 1. The summed E-state index contributed by atoms with van der Waals surface area (Å²) in [5.41, 5.74) is 4.66. The molecular weight excluding hydrogens is 440 g/mol. The fourth-order valence-corrected chi connectivity index (χ4v) is 4.09. The van der Waals surface area contributed by atoms with Gasteiger partial charge < -0.3 is 25.6 Å². The maximum Gasteiger partial charge on any atom is 0.408 e. The van der Waals surface area contributed by atoms with Crippen molar-refractivity contribution < 1.29 is 29.3 Å². The number of aliphatic hydroxyl groups is 1. The highest BCUT2D eigenvalue weighted by atomic mass is 16.5. The first-order chi connectivity index (χ1) is 16.4. The second-order valence-corrected chi connectivity index (χ2v) is 7.88. The number of aromatic nitrogens is 2. The number of alkyl carbamates (subject to hydrolysis) is 1. The minimum Gasteiger partial charge on any atom is -0.479 e. The number of carbonyl (C=O) groups excluding carboxylic acids is 2. The molecule has 0 saturated carbocycles. The van der Waals surface area contributed by atoms with Crippen molar-refractivity contribution in [3.8, 4) is 11.1 Å². The fourth-order valence-electron chi connectivity index (χ4n) is 4.09. The smallest absolute Gasteiger partial charge is 0.408 e. The normalized spacial score (nSPS) is 13.9. The van der Waals surface area contributed by atoms with E-state index < -0.39 is 36.7 Å². The molecular formula is C24H24N4O6. The molecule has 2 amide bonds. The summed E-state index contributed by atoms with van der Waals surface area (Å²) >= 11 is 0. The Morgan fingerprint density at radius 3 is 2.24 bits per heavy atom. The van der Waals surface area contributed by atoms with Crippen molar-refractivity contribution in [2.45, 2.75) is 18.1 Å². The van der Waals surface area contributed by atoms with E-state index in [1.807, 2.05) is 48.5 Å². The average molecular weight is 464 g/mol. The van der Waals surface area contributed by atoms with Crippen LogP contribution in [0.25, 0.3) is 11.1 Å². The molecule has 1 aromatic heterocycles. The molecule has 0 radical (unpaired) electrons. The largest absolute Gasteiger partial charge is 0.479 e. The molecule has 4 rings (SSSR count). The molecule has 2 atom stereocenters. The molecule has 4 N–H and O–H groups in total. The van der Waals surface area contributed by atoms with Crippen molar-refractivity contribution in [3.05, 3.63) is 77.6 Å². The zero-order valence-corrected chi connectivity index (χ0v) is 18.3. The molecule has 0 aliphatic heterocycles. The lowest BCUT2D eigenvalue weighted by atomic mass is 9.98. The Morgan fingerprint density at radius 2 is 1.68 bits per heavy atom. The molecule has 34 heavy (non-hydrogen) atoms. The SMILES string of the molecule is Cn1nccc1C(NC(=O)OCC1c2ccccc2-c2ccccc21)C(=O)NC[C@H](O)C(=O)O. The molecule has 176 valence electrons. The van der Waals surface area contributed by atoms with Crippen LogP contribution in [0.4, 0.5) is 4.79 Å². The number of fused-ring (bicyclic) bond motifs is 3. The Hall–Kier alpha value is -4.18. The maximum atomic E-state index is 12.7. The van der Waals surface area contributed by atoms with Gasteiger partial charge in [0, 0.05) is 19.2 Å². The summed E-state index contributed by atoms with van der Waals surface area (Å²) in [6.07, 6.45) is -1.13. The van der Waals surface area contributed by atoms with Gasteiger partial charge in [-0.2, -0.15) is 5.10 Å². The minimum atomic E-state index is -1.77. The monoisotopic (exact) mass is 464 g/mol. The van der Waals surface area contributed by atoms with Crippen molar-refractivity contribution in [2.24, 2.45) is 7.05 Å². The predicted molar refractivity (Wildman–Crippen MR) is 121 cm³/mol. The van der Waals surface area contributed by atoms with E-state index in [0.717, 1.165) is 22.3 Å². The number of amides is 2. The lowest BCUT2D eigenvalue weighted by molar-refractivity contribution is -0.146. The van der Waals surface area contributed by atoms with E-state index in [2.05, 4.69) is 15.7 Å². The summed E-state index contributed by atoms with van der Waals surface area (Å²) in [4.78, 5) is 36.2. The maximum absolute atomic E-state index is 12.7. The van der Waals surface area contributed by atoms with Gasteiger partial charge in [-0.05, 0) is 28.3 Å². The first kappa shape index (κ1) is 23.0. The third-order valence-corrected chi connectivity index (χ3v) is 5.78. The fraction of sp³-hybridized carbons (Fsp3) is 0.250. The van der Waals surface area contributed by atoms with Crippen LogP contribution in [0.3, 0.4) is 0 Å². The molecule has 0 fully saturated rings. The summed E-state index contributed by atoms with van der Waals surface area (Å²) in [5, 5.41) is 27.1. The van der Waals surface area contributed by atoms with Crippen LogP contribution in [0.2, 0.25) is 0 Å². The number of carboxylic acid groups (broad SMARTS) is 1. The van der Waals surface area contributed by atoms with Gasteiger partial charge in [0.05, 0.1) is 12.2 Å². The first-order valence-electron chi connectivity index (χ1n) is 10.6. The Morgan fingerprint density at radius 1 is 1.06 bits per heavy atom. The Balaban J connectivity index is 1.46. The lowest BCUT2D eigenvalue weighted by Crippen LogP contribution is -2.45. The van der Waals surface area contributed by atoms with E-state index >= 15 is 0 Å². The number of hydrogen-bond acceptors (Lipinski definition) is 6. The molecule has 1 aliphatic rings. The predicted octanol–water partition coefficient (Wildman–Crippen LogP) is 1.56. The van der Waals surface area contributed by atoms with E-state index in [1.165, 1.54) is 10.9 Å². The molecule has 0 bridgehead atoms. The molecule has 0 saturated heterocycles. The highest BCUT2D eigenvalue weighted by Gasteiger charge is 2.31. The highest BCUT2D eigenvalue weighted by Crippen LogP contribution is 2.44. The van der Waals surface area contributed by atoms with Gasteiger partial charge in [0.15, 0.2) is 12.1 Å². The molecule has 1 aliphatic carbocycles. The van der Waals surface area contributed by atoms with E-state index in [4.69, 9.17) is 9.84 Å². The van der Waals surface area contributed by atoms with Gasteiger partial charge in [0.2, 0.25) is 5.91 Å². The number of nitrogens with one attached hydrogen (secondary N) is 2. The van der Waals surface area contributed by atoms with Crippen LogP contribution in [-0.2, 0) is 21.4 Å². The quantitative estimate of drug-likeness (QED) is 0.396. The van der Waals surface area contributed by atoms with Crippen LogP contribution in [0.15, 0.2) is 60.8 Å². The number of benzene rings is 2. The molecule has 2 aromatic carbocycles. The van der Waals surface area contributed by atoms with Gasteiger partial charge >= 0.3 is 12.1 Å². The second-order valence-electron chi connectivity index (χ2n) is 7.88. The Bertz CT molecular complexity index is 1180. The van der Waals surface area contributed by atoms with Crippen LogP contribution in [0, 0.1) is 0 Å². The number of nitrogens with zero attached hydrogens (tertiary/aromatic N) is 2. The lowest BCUT2D eigenvalue weighted by Gasteiger charge is -2.20. The molecule has 10 heteroatoms. The second kappa shape index (κ2) is 9.75. The van der Waals surface area contributed by atoms with Crippen molar-refractivity contribution >= 4 is 18.0 Å². The summed E-state index contributed by atoms with van der Waals surface area (Å²) in [7, 11) is 1.60. The zero-order valence-electron chi connectivity index (χ0n) is 18.3. The Kier molecular flexibility index (Phi) is 6.60. The van der Waals surface area contributed by atoms with Gasteiger partial charge in [-0.3, -0.25) is 9.48 Å². The van der Waals surface area contributed by atoms with Crippen LogP contribution < -0.4 is 10.6 Å². The average Bonchev–Trinajstić information content (AvgIpc) is 3.40. The third kappa shape index (κ3) is 4.62. The van der Waals surface area contributed by atoms with Crippen molar-refractivity contribution in [2.75, 3.05) is 13.2 Å². The van der Waals surface area contributed by atoms with Crippen LogP contribution in [0.5, 0.6) is 0 Å². The van der Waals surface area contributed by atoms with Crippen molar-refractivity contribution in [3.63, 3.8) is 0 Å². The molecule has 1 heterocycles. The van der Waals surface area contributed by atoms with Crippen molar-refractivity contribution in [1.29, 1.82) is 0 Å². The summed E-state index contributed by atoms with van der Waals surface area (Å²) < 4.78 is 6.92. The topological polar surface area (TPSA) is 143 Å². The summed E-state index contributed by atoms with van der Waals surface area (Å²) in [5.74, 6) is -2.33. The van der Waals surface area contributed by atoms with Crippen LogP contribution >= 0.6 is 0 Å². The van der Waals surface area contributed by atoms with Gasteiger partial charge in [-0.25, -0.2) is 9.59 Å².